The normalized spacial score (nSPS) is 14.6. The van der Waals surface area contributed by atoms with Crippen LogP contribution in [0, 0.1) is 0 Å². The molecule has 0 saturated carbocycles. The molecule has 0 aromatic heterocycles. The van der Waals surface area contributed by atoms with Crippen molar-refractivity contribution in [2.45, 2.75) is 24.8 Å². The van der Waals surface area contributed by atoms with Crippen molar-refractivity contribution in [2.24, 2.45) is 5.73 Å². The van der Waals surface area contributed by atoms with E-state index in [0.717, 1.165) is 17.5 Å². The van der Waals surface area contributed by atoms with E-state index in [1.54, 1.807) is 31.1 Å². The fourth-order valence-corrected chi connectivity index (χ4v) is 4.65. The Morgan fingerprint density at radius 3 is 2.47 bits per heavy atom. The molecular weight excluding hydrogens is 508 g/mol. The number of nitrogens with one attached hydrogen (secondary N) is 1. The van der Waals surface area contributed by atoms with Gasteiger partial charge in [-0.2, -0.15) is 0 Å². The van der Waals surface area contributed by atoms with E-state index in [1.165, 1.54) is 18.3 Å². The van der Waals surface area contributed by atoms with Crippen LogP contribution in [0.25, 0.3) is 5.76 Å². The van der Waals surface area contributed by atoms with Crippen molar-refractivity contribution in [3.63, 3.8) is 0 Å². The van der Waals surface area contributed by atoms with Crippen molar-refractivity contribution in [3.05, 3.63) is 72.1 Å². The number of hydrogen-bond donors (Lipinski definition) is 2. The number of methoxy groups -OCH3 is 1. The molecule has 204 valence electrons. The molecule has 1 aliphatic rings. The van der Waals surface area contributed by atoms with Crippen molar-refractivity contribution < 1.29 is 27.5 Å². The molecule has 3 rings (SSSR count). The molecule has 2 aromatic rings. The van der Waals surface area contributed by atoms with Crippen LogP contribution >= 0.6 is 0 Å². The van der Waals surface area contributed by atoms with Crippen LogP contribution in [0.2, 0.25) is 0 Å². The summed E-state index contributed by atoms with van der Waals surface area (Å²) in [4.78, 5) is 29.1. The molecule has 2 amide bonds. The molecular formula is C27H34N4O6S. The van der Waals surface area contributed by atoms with Crippen LogP contribution in [0.3, 0.4) is 0 Å². The van der Waals surface area contributed by atoms with Gasteiger partial charge in [0, 0.05) is 56.8 Å². The number of rotatable bonds is 10. The number of nitrogens with zero attached hydrogens (tertiary/aromatic N) is 2. The number of amides is 2. The second kappa shape index (κ2) is 12.5. The van der Waals surface area contributed by atoms with E-state index in [4.69, 9.17) is 15.2 Å². The largest absolute Gasteiger partial charge is 0.496 e. The third-order valence-corrected chi connectivity index (χ3v) is 7.14. The molecule has 0 bridgehead atoms. The van der Waals surface area contributed by atoms with Crippen LogP contribution in [-0.2, 0) is 30.7 Å². The van der Waals surface area contributed by atoms with Gasteiger partial charge in [0.2, 0.25) is 11.8 Å². The summed E-state index contributed by atoms with van der Waals surface area (Å²) in [6.45, 7) is 7.06. The number of allylic oxidation sites excluding steroid dienone is 1. The summed E-state index contributed by atoms with van der Waals surface area (Å²) in [5, 5.41) is 2.79. The van der Waals surface area contributed by atoms with E-state index in [0.29, 0.717) is 42.5 Å². The van der Waals surface area contributed by atoms with Gasteiger partial charge in [0.1, 0.15) is 5.75 Å². The van der Waals surface area contributed by atoms with Crippen molar-refractivity contribution in [1.82, 2.24) is 10.2 Å². The molecule has 38 heavy (non-hydrogen) atoms. The van der Waals surface area contributed by atoms with E-state index >= 15 is 0 Å². The van der Waals surface area contributed by atoms with Gasteiger partial charge in [0.15, 0.2) is 15.6 Å². The molecule has 11 heteroatoms. The number of sulfone groups is 1. The molecule has 0 aliphatic carbocycles. The van der Waals surface area contributed by atoms with Crippen LogP contribution in [0.1, 0.15) is 24.5 Å². The van der Waals surface area contributed by atoms with Crippen LogP contribution in [0.5, 0.6) is 5.75 Å². The first-order valence-corrected chi connectivity index (χ1v) is 13.9. The highest BCUT2D eigenvalue weighted by molar-refractivity contribution is 7.90. The van der Waals surface area contributed by atoms with Gasteiger partial charge < -0.3 is 30.3 Å². The average molecular weight is 543 g/mol. The Bertz CT molecular complexity index is 1320. The Hall–Kier alpha value is -3.99. The molecule has 1 aliphatic heterocycles. The van der Waals surface area contributed by atoms with E-state index < -0.39 is 9.84 Å². The van der Waals surface area contributed by atoms with Crippen LogP contribution in [0.15, 0.2) is 65.9 Å². The van der Waals surface area contributed by atoms with Gasteiger partial charge in [0.05, 0.1) is 29.9 Å². The van der Waals surface area contributed by atoms with E-state index in [2.05, 4.69) is 16.8 Å². The van der Waals surface area contributed by atoms with Crippen molar-refractivity contribution in [1.29, 1.82) is 0 Å². The summed E-state index contributed by atoms with van der Waals surface area (Å²) in [5.74, 6) is 1.09. The summed E-state index contributed by atoms with van der Waals surface area (Å²) in [7, 11) is -1.72. The molecule has 2 aromatic carbocycles. The van der Waals surface area contributed by atoms with E-state index in [9.17, 15) is 18.0 Å². The zero-order valence-corrected chi connectivity index (χ0v) is 22.7. The highest BCUT2D eigenvalue weighted by atomic mass is 32.2. The van der Waals surface area contributed by atoms with Gasteiger partial charge in [-0.15, -0.1) is 0 Å². The maximum atomic E-state index is 12.7. The minimum Gasteiger partial charge on any atom is -0.496 e. The lowest BCUT2D eigenvalue weighted by molar-refractivity contribution is -0.135. The zero-order chi connectivity index (χ0) is 27.9. The summed E-state index contributed by atoms with van der Waals surface area (Å²) in [5.41, 5.74) is 8.04. The first-order chi connectivity index (χ1) is 18.0. The Morgan fingerprint density at radius 2 is 1.87 bits per heavy atom. The smallest absolute Gasteiger partial charge is 0.239 e. The van der Waals surface area contributed by atoms with Gasteiger partial charge in [-0.25, -0.2) is 8.42 Å². The minimum atomic E-state index is -3.28. The molecule has 0 spiro atoms. The lowest BCUT2D eigenvalue weighted by atomic mass is 10.1. The third-order valence-electron chi connectivity index (χ3n) is 6.02. The van der Waals surface area contributed by atoms with Crippen molar-refractivity contribution in [3.8, 4) is 5.75 Å². The molecule has 1 fully saturated rings. The van der Waals surface area contributed by atoms with Gasteiger partial charge in [-0.1, -0.05) is 18.7 Å². The van der Waals surface area contributed by atoms with Gasteiger partial charge in [-0.05, 0) is 36.8 Å². The standard InChI is InChI=1S/C27H34N4O6S/c1-19(2)37-25(16-28)23-10-7-21(15-24(23)36-3)30-12-11-27(33)31(14-13-30)18-26(32)29-17-20-5-8-22(9-6-20)38(4,34)35/h5-10,15-16H,1,11-14,17-18,28H2,2-4H3,(H,29,32)/b25-16-. The molecule has 0 atom stereocenters. The SMILES string of the molecule is C=C(C)O/C(=C\N)c1ccc(N2CCC(=O)N(CC(=O)NCc3ccc(S(C)(=O)=O)cc3)CC2)cc1OC. The number of carbonyl (C=O) groups excluding carboxylic acids is 2. The topological polar surface area (TPSA) is 131 Å². The van der Waals surface area contributed by atoms with Crippen LogP contribution in [-0.4, -0.2) is 64.7 Å². The third kappa shape index (κ3) is 7.51. The zero-order valence-electron chi connectivity index (χ0n) is 21.9. The molecule has 1 heterocycles. The Balaban J connectivity index is 1.60. The maximum absolute atomic E-state index is 12.7. The average Bonchev–Trinajstić information content (AvgIpc) is 3.06. The van der Waals surface area contributed by atoms with Crippen LogP contribution < -0.4 is 20.7 Å². The number of nitrogens with two attached hydrogens (primary N) is 1. The molecule has 0 radical (unpaired) electrons. The molecule has 0 unspecified atom stereocenters. The van der Waals surface area contributed by atoms with Gasteiger partial charge in [0.25, 0.3) is 0 Å². The highest BCUT2D eigenvalue weighted by Gasteiger charge is 2.24. The first kappa shape index (κ1) is 28.6. The van der Waals surface area contributed by atoms with Crippen LogP contribution in [0.4, 0.5) is 5.69 Å². The summed E-state index contributed by atoms with van der Waals surface area (Å²) in [6, 6.07) is 11.9. The molecule has 10 nitrogen and oxygen atoms in total. The van der Waals surface area contributed by atoms with E-state index in [-0.39, 0.29) is 36.2 Å². The monoisotopic (exact) mass is 542 g/mol. The number of benzene rings is 2. The number of ether oxygens (including phenoxy) is 2. The number of hydrogen-bond acceptors (Lipinski definition) is 8. The van der Waals surface area contributed by atoms with Crippen molar-refractivity contribution in [2.75, 3.05) is 44.4 Å². The first-order valence-electron chi connectivity index (χ1n) is 12.0. The quantitative estimate of drug-likeness (QED) is 0.437. The lowest BCUT2D eigenvalue weighted by Gasteiger charge is -2.24. The molecule has 1 saturated heterocycles. The fraction of sp³-hybridized carbons (Fsp3) is 0.333. The Kier molecular flexibility index (Phi) is 9.40. The van der Waals surface area contributed by atoms with Gasteiger partial charge >= 0.3 is 0 Å². The fourth-order valence-electron chi connectivity index (χ4n) is 4.02. The number of anilines is 1. The van der Waals surface area contributed by atoms with Gasteiger partial charge in [-0.3, -0.25) is 9.59 Å². The van der Waals surface area contributed by atoms with Crippen molar-refractivity contribution >= 4 is 33.1 Å². The summed E-state index contributed by atoms with van der Waals surface area (Å²) in [6.07, 6.45) is 2.76. The minimum absolute atomic E-state index is 0.0563. The summed E-state index contributed by atoms with van der Waals surface area (Å²) >= 11 is 0. The predicted octanol–water partition coefficient (Wildman–Crippen LogP) is 2.26. The lowest BCUT2D eigenvalue weighted by Crippen LogP contribution is -2.41. The predicted molar refractivity (Wildman–Crippen MR) is 146 cm³/mol. The summed E-state index contributed by atoms with van der Waals surface area (Å²) < 4.78 is 34.3. The second-order valence-corrected chi connectivity index (χ2v) is 11.0. The maximum Gasteiger partial charge on any atom is 0.239 e. The highest BCUT2D eigenvalue weighted by Crippen LogP contribution is 2.32. The second-order valence-electron chi connectivity index (χ2n) is 8.96. The Morgan fingerprint density at radius 1 is 1.16 bits per heavy atom. The Labute approximate surface area is 223 Å². The molecule has 3 N–H and O–H groups in total. The van der Waals surface area contributed by atoms with E-state index in [1.807, 2.05) is 18.2 Å². The number of carbonyl (C=O) groups is 2.